The molecule has 5 rings (SSSR count). The zero-order chi connectivity index (χ0) is 20.5. The highest BCUT2D eigenvalue weighted by atomic mass is 15.3. The van der Waals surface area contributed by atoms with Crippen LogP contribution in [0.3, 0.4) is 0 Å². The maximum atomic E-state index is 3.86. The number of rotatable bonds is 5. The molecule has 0 radical (unpaired) electrons. The zero-order valence-corrected chi connectivity index (χ0v) is 18.4. The number of aromatic amines is 1. The number of hydrogen-bond acceptors (Lipinski definition) is 3. The highest BCUT2D eigenvalue weighted by Crippen LogP contribution is 2.29. The summed E-state index contributed by atoms with van der Waals surface area (Å²) in [5.41, 5.74) is 8.54. The molecule has 4 nitrogen and oxygen atoms in total. The molecule has 1 fully saturated rings. The molecule has 2 aliphatic rings. The highest BCUT2D eigenvalue weighted by Gasteiger charge is 2.23. The number of aromatic nitrogens is 1. The SMILES string of the molecule is Cc1cccc(C)c1N1CCN(CCNC2CCc3[nH]c4ccccc4c3C2)CC1. The molecule has 30 heavy (non-hydrogen) atoms. The number of piperazine rings is 1. The van der Waals surface area contributed by atoms with Crippen LogP contribution in [0, 0.1) is 13.8 Å². The van der Waals surface area contributed by atoms with Crippen LogP contribution in [0.1, 0.15) is 28.8 Å². The first-order valence-corrected chi connectivity index (χ1v) is 11.5. The van der Waals surface area contributed by atoms with Gasteiger partial charge in [0.05, 0.1) is 0 Å². The Hall–Kier alpha value is -2.30. The Kier molecular flexibility index (Phi) is 5.53. The molecule has 1 unspecified atom stereocenters. The van der Waals surface area contributed by atoms with E-state index in [2.05, 4.69) is 76.4 Å². The first-order chi connectivity index (χ1) is 14.7. The second-order valence-electron chi connectivity index (χ2n) is 9.09. The van der Waals surface area contributed by atoms with Gasteiger partial charge in [-0.1, -0.05) is 36.4 Å². The molecule has 0 saturated carbocycles. The number of para-hydroxylation sites is 2. The van der Waals surface area contributed by atoms with E-state index >= 15 is 0 Å². The summed E-state index contributed by atoms with van der Waals surface area (Å²) in [5.74, 6) is 0. The molecule has 2 aromatic carbocycles. The molecule has 2 N–H and O–H groups in total. The summed E-state index contributed by atoms with van der Waals surface area (Å²) in [6.07, 6.45) is 3.55. The number of fused-ring (bicyclic) bond motifs is 3. The zero-order valence-electron chi connectivity index (χ0n) is 18.4. The summed E-state index contributed by atoms with van der Waals surface area (Å²) in [7, 11) is 0. The van der Waals surface area contributed by atoms with Crippen molar-refractivity contribution in [3.63, 3.8) is 0 Å². The lowest BCUT2D eigenvalue weighted by Gasteiger charge is -2.38. The first kappa shape index (κ1) is 19.7. The Morgan fingerprint density at radius 1 is 0.967 bits per heavy atom. The monoisotopic (exact) mass is 402 g/mol. The van der Waals surface area contributed by atoms with E-state index in [1.54, 1.807) is 0 Å². The van der Waals surface area contributed by atoms with Crippen molar-refractivity contribution in [3.05, 3.63) is 64.8 Å². The van der Waals surface area contributed by atoms with Crippen LogP contribution < -0.4 is 10.2 Å². The molecule has 2 heterocycles. The van der Waals surface area contributed by atoms with Crippen LogP contribution in [-0.2, 0) is 12.8 Å². The molecule has 0 spiro atoms. The molecule has 4 heteroatoms. The van der Waals surface area contributed by atoms with Gasteiger partial charge in [0.15, 0.2) is 0 Å². The van der Waals surface area contributed by atoms with Gasteiger partial charge < -0.3 is 15.2 Å². The van der Waals surface area contributed by atoms with E-state index in [0.717, 1.165) is 52.1 Å². The Labute approximate surface area is 180 Å². The van der Waals surface area contributed by atoms with Crippen LogP contribution in [0.25, 0.3) is 10.9 Å². The second kappa shape index (κ2) is 8.44. The third-order valence-electron chi connectivity index (χ3n) is 7.08. The second-order valence-corrected chi connectivity index (χ2v) is 9.09. The molecule has 1 aliphatic carbocycles. The smallest absolute Gasteiger partial charge is 0.0458 e. The van der Waals surface area contributed by atoms with E-state index in [1.807, 2.05) is 0 Å². The van der Waals surface area contributed by atoms with E-state index in [9.17, 15) is 0 Å². The van der Waals surface area contributed by atoms with Gasteiger partial charge in [0.1, 0.15) is 0 Å². The summed E-state index contributed by atoms with van der Waals surface area (Å²) in [6, 6.07) is 16.0. The van der Waals surface area contributed by atoms with E-state index in [1.165, 1.54) is 45.4 Å². The van der Waals surface area contributed by atoms with Crippen molar-refractivity contribution in [3.8, 4) is 0 Å². The third-order valence-corrected chi connectivity index (χ3v) is 7.08. The minimum Gasteiger partial charge on any atom is -0.369 e. The topological polar surface area (TPSA) is 34.3 Å². The molecule has 1 aliphatic heterocycles. The van der Waals surface area contributed by atoms with E-state index in [-0.39, 0.29) is 0 Å². The number of H-pyrrole nitrogens is 1. The maximum Gasteiger partial charge on any atom is 0.0458 e. The predicted octanol–water partition coefficient (Wildman–Crippen LogP) is 4.05. The number of benzene rings is 2. The summed E-state index contributed by atoms with van der Waals surface area (Å²) >= 11 is 0. The lowest BCUT2D eigenvalue weighted by molar-refractivity contribution is 0.252. The van der Waals surface area contributed by atoms with Crippen LogP contribution in [0.5, 0.6) is 0 Å². The molecule has 1 atom stereocenters. The minimum atomic E-state index is 0.604. The van der Waals surface area contributed by atoms with Crippen molar-refractivity contribution >= 4 is 16.6 Å². The third kappa shape index (κ3) is 3.86. The minimum absolute atomic E-state index is 0.604. The summed E-state index contributed by atoms with van der Waals surface area (Å²) < 4.78 is 0. The number of nitrogens with zero attached hydrogens (tertiary/aromatic N) is 2. The maximum absolute atomic E-state index is 3.86. The lowest BCUT2D eigenvalue weighted by atomic mass is 9.91. The number of aryl methyl sites for hydroxylation is 3. The van der Waals surface area contributed by atoms with E-state index in [0.29, 0.717) is 6.04 Å². The standard InChI is InChI=1S/C26H34N4/c1-19-6-5-7-20(2)26(19)30-16-14-29(15-17-30)13-12-27-21-10-11-25-23(18-21)22-8-3-4-9-24(22)28-25/h3-9,21,27-28H,10-18H2,1-2H3. The van der Waals surface area contributed by atoms with Crippen LogP contribution in [0.4, 0.5) is 5.69 Å². The molecule has 0 bridgehead atoms. The fourth-order valence-corrected chi connectivity index (χ4v) is 5.47. The van der Waals surface area contributed by atoms with Crippen molar-refractivity contribution in [1.82, 2.24) is 15.2 Å². The quantitative estimate of drug-likeness (QED) is 0.676. The summed E-state index contributed by atoms with van der Waals surface area (Å²) in [5, 5.41) is 5.27. The van der Waals surface area contributed by atoms with Crippen molar-refractivity contribution in [2.24, 2.45) is 0 Å². The van der Waals surface area contributed by atoms with Gasteiger partial charge in [0, 0.05) is 67.6 Å². The average molecular weight is 403 g/mol. The molecule has 1 saturated heterocycles. The molecule has 158 valence electrons. The average Bonchev–Trinajstić information content (AvgIpc) is 3.13. The highest BCUT2D eigenvalue weighted by molar-refractivity contribution is 5.84. The van der Waals surface area contributed by atoms with E-state index in [4.69, 9.17) is 0 Å². The van der Waals surface area contributed by atoms with Gasteiger partial charge in [-0.25, -0.2) is 0 Å². The normalized spacial score (nSPS) is 19.9. The van der Waals surface area contributed by atoms with Gasteiger partial charge >= 0.3 is 0 Å². The number of hydrogen-bond donors (Lipinski definition) is 2. The molecule has 1 aromatic heterocycles. The summed E-state index contributed by atoms with van der Waals surface area (Å²) in [4.78, 5) is 8.83. The largest absolute Gasteiger partial charge is 0.369 e. The van der Waals surface area contributed by atoms with Gasteiger partial charge in [0.25, 0.3) is 0 Å². The molecular formula is C26H34N4. The fraction of sp³-hybridized carbons (Fsp3) is 0.462. The van der Waals surface area contributed by atoms with Crippen molar-refractivity contribution in [1.29, 1.82) is 0 Å². The van der Waals surface area contributed by atoms with Gasteiger partial charge in [-0.15, -0.1) is 0 Å². The fourth-order valence-electron chi connectivity index (χ4n) is 5.47. The number of nitrogens with one attached hydrogen (secondary N) is 2. The summed E-state index contributed by atoms with van der Waals surface area (Å²) in [6.45, 7) is 11.3. The Balaban J connectivity index is 1.11. The van der Waals surface area contributed by atoms with E-state index < -0.39 is 0 Å². The molecule has 0 amide bonds. The van der Waals surface area contributed by atoms with Crippen LogP contribution in [-0.4, -0.2) is 55.2 Å². The van der Waals surface area contributed by atoms with Crippen molar-refractivity contribution < 1.29 is 0 Å². The number of anilines is 1. The van der Waals surface area contributed by atoms with Crippen LogP contribution in [0.15, 0.2) is 42.5 Å². The van der Waals surface area contributed by atoms with Crippen molar-refractivity contribution in [2.75, 3.05) is 44.2 Å². The Morgan fingerprint density at radius 3 is 2.53 bits per heavy atom. The Morgan fingerprint density at radius 2 is 1.73 bits per heavy atom. The lowest BCUT2D eigenvalue weighted by Crippen LogP contribution is -2.49. The van der Waals surface area contributed by atoms with Crippen molar-refractivity contribution in [2.45, 2.75) is 39.2 Å². The molecular weight excluding hydrogens is 368 g/mol. The van der Waals surface area contributed by atoms with Crippen LogP contribution in [0.2, 0.25) is 0 Å². The van der Waals surface area contributed by atoms with Gasteiger partial charge in [0.2, 0.25) is 0 Å². The van der Waals surface area contributed by atoms with Gasteiger partial charge in [-0.2, -0.15) is 0 Å². The van der Waals surface area contributed by atoms with Gasteiger partial charge in [-0.05, 0) is 55.9 Å². The van der Waals surface area contributed by atoms with Crippen LogP contribution >= 0.6 is 0 Å². The first-order valence-electron chi connectivity index (χ1n) is 11.5. The predicted molar refractivity (Wildman–Crippen MR) is 127 cm³/mol. The van der Waals surface area contributed by atoms with Gasteiger partial charge in [-0.3, -0.25) is 4.90 Å². The molecule has 3 aromatic rings. The Bertz CT molecular complexity index is 993.